The molecule has 5 rings (SSSR count). The van der Waals surface area contributed by atoms with Gasteiger partial charge in [-0.2, -0.15) is 14.7 Å². The van der Waals surface area contributed by atoms with Crippen molar-refractivity contribution in [2.75, 3.05) is 11.9 Å². The molecule has 2 aliphatic rings. The number of fused-ring (bicyclic) bond motifs is 2. The van der Waals surface area contributed by atoms with E-state index >= 15 is 0 Å². The van der Waals surface area contributed by atoms with Gasteiger partial charge in [0.1, 0.15) is 17.5 Å². The number of carbonyl (C=O) groups is 1. The van der Waals surface area contributed by atoms with Crippen molar-refractivity contribution in [2.24, 2.45) is 5.92 Å². The number of hydrogen-bond donors (Lipinski definition) is 2. The molecule has 1 saturated carbocycles. The smallest absolute Gasteiger partial charge is 0.321 e. The minimum Gasteiger partial charge on any atom is -0.459 e. The van der Waals surface area contributed by atoms with Crippen LogP contribution in [0, 0.1) is 17.2 Å². The van der Waals surface area contributed by atoms with Gasteiger partial charge in [-0.15, -0.1) is 0 Å². The molecule has 1 aromatic carbocycles. The van der Waals surface area contributed by atoms with Crippen molar-refractivity contribution in [1.82, 2.24) is 19.1 Å². The van der Waals surface area contributed by atoms with Crippen LogP contribution in [0.1, 0.15) is 58.1 Å². The van der Waals surface area contributed by atoms with Crippen LogP contribution in [0.3, 0.4) is 0 Å². The van der Waals surface area contributed by atoms with E-state index in [9.17, 15) is 23.3 Å². The third-order valence-corrected chi connectivity index (χ3v) is 8.74. The van der Waals surface area contributed by atoms with Crippen LogP contribution in [0.2, 0.25) is 0 Å². The molecular formula is C26H30N6O5S. The van der Waals surface area contributed by atoms with Gasteiger partial charge in [0, 0.05) is 18.4 Å². The second-order valence-corrected chi connectivity index (χ2v) is 12.7. The number of anilines is 2. The zero-order chi connectivity index (χ0) is 27.2. The number of pyridine rings is 1. The van der Waals surface area contributed by atoms with Gasteiger partial charge in [-0.1, -0.05) is 12.8 Å². The van der Waals surface area contributed by atoms with Crippen LogP contribution in [-0.4, -0.2) is 45.6 Å². The van der Waals surface area contributed by atoms with Crippen molar-refractivity contribution in [3.8, 4) is 6.07 Å². The molecule has 3 heterocycles. The van der Waals surface area contributed by atoms with Gasteiger partial charge in [0.05, 0.1) is 28.4 Å². The summed E-state index contributed by atoms with van der Waals surface area (Å²) in [7, 11) is -3.85. The maximum Gasteiger partial charge on any atom is 0.321 e. The van der Waals surface area contributed by atoms with E-state index in [1.165, 1.54) is 6.07 Å². The van der Waals surface area contributed by atoms with E-state index in [1.54, 1.807) is 49.8 Å². The van der Waals surface area contributed by atoms with Crippen molar-refractivity contribution in [3.05, 3.63) is 46.4 Å². The van der Waals surface area contributed by atoms with E-state index in [4.69, 9.17) is 9.84 Å². The molecule has 0 spiro atoms. The summed E-state index contributed by atoms with van der Waals surface area (Å²) >= 11 is 0. The molecule has 2 N–H and O–H groups in total. The summed E-state index contributed by atoms with van der Waals surface area (Å²) in [5.41, 5.74) is 0.671. The predicted molar refractivity (Wildman–Crippen MR) is 140 cm³/mol. The second-order valence-electron chi connectivity index (χ2n) is 10.8. The number of sulfonamides is 1. The number of ether oxygens (including phenoxy) is 1. The fourth-order valence-electron chi connectivity index (χ4n) is 5.24. The zero-order valence-electron chi connectivity index (χ0n) is 21.5. The highest BCUT2D eigenvalue weighted by atomic mass is 32.2. The molecule has 1 aliphatic heterocycles. The third kappa shape index (κ3) is 4.79. The summed E-state index contributed by atoms with van der Waals surface area (Å²) in [4.78, 5) is 27.9. The van der Waals surface area contributed by atoms with E-state index in [2.05, 4.69) is 16.4 Å². The van der Waals surface area contributed by atoms with Crippen LogP contribution in [0.4, 0.5) is 11.5 Å². The zero-order valence-corrected chi connectivity index (χ0v) is 22.3. The normalized spacial score (nSPS) is 21.1. The standard InChI is InChI=1S/C26H30N6O5S/c1-26(2,3)37-22(33)15-31-14-17-12-18(8-9-21(17)38(31,35)36)29-24-23-20(10-11-28-25(23)34)32(30-24)19-7-5-4-6-16(19)13-27/h8-12,16,19H,4-7,14-15H2,1-3H3,(H,28,34)(H,29,30). The Morgan fingerprint density at radius 3 is 2.76 bits per heavy atom. The van der Waals surface area contributed by atoms with Crippen molar-refractivity contribution >= 4 is 38.4 Å². The maximum absolute atomic E-state index is 13.0. The van der Waals surface area contributed by atoms with E-state index in [0.29, 0.717) is 28.0 Å². The molecule has 2 atom stereocenters. The van der Waals surface area contributed by atoms with Crippen LogP contribution < -0.4 is 10.9 Å². The Morgan fingerprint density at radius 1 is 1.26 bits per heavy atom. The number of esters is 1. The summed E-state index contributed by atoms with van der Waals surface area (Å²) in [6, 6.07) is 8.81. The predicted octanol–water partition coefficient (Wildman–Crippen LogP) is 3.57. The summed E-state index contributed by atoms with van der Waals surface area (Å²) in [6.45, 7) is 4.81. The first-order valence-electron chi connectivity index (χ1n) is 12.6. The van der Waals surface area contributed by atoms with Gasteiger partial charge in [-0.3, -0.25) is 14.3 Å². The number of aromatic amines is 1. The van der Waals surface area contributed by atoms with E-state index in [0.717, 1.165) is 30.0 Å². The lowest BCUT2D eigenvalue weighted by atomic mass is 9.85. The fourth-order valence-corrected chi connectivity index (χ4v) is 6.79. The number of benzene rings is 1. The van der Waals surface area contributed by atoms with Crippen LogP contribution >= 0.6 is 0 Å². The lowest BCUT2D eigenvalue weighted by Gasteiger charge is -2.27. The molecule has 200 valence electrons. The van der Waals surface area contributed by atoms with Crippen LogP contribution in [-0.2, 0) is 26.1 Å². The number of aromatic nitrogens is 3. The topological polar surface area (TPSA) is 150 Å². The molecule has 12 heteroatoms. The highest BCUT2D eigenvalue weighted by molar-refractivity contribution is 7.89. The molecule has 0 radical (unpaired) electrons. The lowest BCUT2D eigenvalue weighted by molar-refractivity contribution is -0.155. The Bertz CT molecular complexity index is 1610. The molecule has 11 nitrogen and oxygen atoms in total. The SMILES string of the molecule is CC(C)(C)OC(=O)CN1Cc2cc(Nc3nn(C4CCCCC4C#N)c4cc[nH]c(=O)c34)ccc2S1(=O)=O. The quantitative estimate of drug-likeness (QED) is 0.468. The molecule has 38 heavy (non-hydrogen) atoms. The molecule has 0 amide bonds. The molecular weight excluding hydrogens is 508 g/mol. The minimum absolute atomic E-state index is 0.0219. The number of carbonyl (C=O) groups excluding carboxylic acids is 1. The van der Waals surface area contributed by atoms with E-state index in [1.807, 2.05) is 0 Å². The molecule has 3 aromatic rings. The van der Waals surface area contributed by atoms with Gasteiger partial charge in [-0.25, -0.2) is 8.42 Å². The maximum atomic E-state index is 13.0. The number of nitrogens with zero attached hydrogens (tertiary/aromatic N) is 4. The lowest BCUT2D eigenvalue weighted by Crippen LogP contribution is -2.35. The molecule has 1 aliphatic carbocycles. The van der Waals surface area contributed by atoms with Crippen molar-refractivity contribution in [2.45, 2.75) is 69.5 Å². The van der Waals surface area contributed by atoms with Gasteiger partial charge < -0.3 is 15.0 Å². The second kappa shape index (κ2) is 9.56. The Kier molecular flexibility index (Phi) is 6.53. The third-order valence-electron chi connectivity index (χ3n) is 6.85. The van der Waals surface area contributed by atoms with Crippen LogP contribution in [0.5, 0.6) is 0 Å². The highest BCUT2D eigenvalue weighted by Gasteiger charge is 2.37. The monoisotopic (exact) mass is 538 g/mol. The summed E-state index contributed by atoms with van der Waals surface area (Å²) in [6.07, 6.45) is 5.12. The number of nitriles is 1. The first-order valence-corrected chi connectivity index (χ1v) is 14.0. The highest BCUT2D eigenvalue weighted by Crippen LogP contribution is 2.37. The minimum atomic E-state index is -3.85. The number of nitrogens with one attached hydrogen (secondary N) is 2. The molecule has 0 bridgehead atoms. The van der Waals surface area contributed by atoms with Gasteiger partial charge in [0.2, 0.25) is 10.0 Å². The molecule has 2 aromatic heterocycles. The molecule has 2 unspecified atom stereocenters. The van der Waals surface area contributed by atoms with E-state index < -0.39 is 21.6 Å². The summed E-state index contributed by atoms with van der Waals surface area (Å²) in [5.74, 6) is -0.488. The van der Waals surface area contributed by atoms with E-state index in [-0.39, 0.29) is 35.5 Å². The van der Waals surface area contributed by atoms with Gasteiger partial charge in [0.15, 0.2) is 5.82 Å². The Morgan fingerprint density at radius 2 is 2.03 bits per heavy atom. The largest absolute Gasteiger partial charge is 0.459 e. The van der Waals surface area contributed by atoms with Crippen molar-refractivity contribution in [3.63, 3.8) is 0 Å². The number of H-pyrrole nitrogens is 1. The average Bonchev–Trinajstić information content (AvgIpc) is 3.32. The Hall–Kier alpha value is -3.69. The van der Waals surface area contributed by atoms with Crippen LogP contribution in [0.25, 0.3) is 10.9 Å². The fraction of sp³-hybridized carbons (Fsp3) is 0.462. The first kappa shape index (κ1) is 25.9. The van der Waals surface area contributed by atoms with Crippen LogP contribution in [0.15, 0.2) is 40.2 Å². The summed E-state index contributed by atoms with van der Waals surface area (Å²) in [5, 5.41) is 18.0. The first-order chi connectivity index (χ1) is 18.0. The molecule has 1 fully saturated rings. The molecule has 0 saturated heterocycles. The van der Waals surface area contributed by atoms with Crippen molar-refractivity contribution in [1.29, 1.82) is 5.26 Å². The Balaban J connectivity index is 1.45. The summed E-state index contributed by atoms with van der Waals surface area (Å²) < 4.78 is 34.2. The number of hydrogen-bond acceptors (Lipinski definition) is 8. The number of rotatable bonds is 5. The van der Waals surface area contributed by atoms with Gasteiger partial charge in [-0.05, 0) is 63.4 Å². The van der Waals surface area contributed by atoms with Gasteiger partial charge >= 0.3 is 5.97 Å². The Labute approximate surface area is 220 Å². The van der Waals surface area contributed by atoms with Crippen molar-refractivity contribution < 1.29 is 17.9 Å². The van der Waals surface area contributed by atoms with Gasteiger partial charge in [0.25, 0.3) is 5.56 Å². The average molecular weight is 539 g/mol.